The lowest BCUT2D eigenvalue weighted by Crippen LogP contribution is -2.16. The second-order valence-corrected chi connectivity index (χ2v) is 9.08. The van der Waals surface area contributed by atoms with E-state index in [-0.39, 0.29) is 5.76 Å². The number of ether oxygens (including phenoxy) is 1. The first-order valence-electron chi connectivity index (χ1n) is 11.8. The first-order valence-corrected chi connectivity index (χ1v) is 11.8. The zero-order chi connectivity index (χ0) is 25.6. The summed E-state index contributed by atoms with van der Waals surface area (Å²) in [5.74, 6) is 5.35. The molecule has 3 heterocycles. The zero-order valence-electron chi connectivity index (χ0n) is 19.8. The molecule has 6 rings (SSSR count). The number of nitrogens with zero attached hydrogens (tertiary/aromatic N) is 2. The van der Waals surface area contributed by atoms with Crippen LogP contribution in [0, 0.1) is 17.3 Å². The highest BCUT2D eigenvalue weighted by Crippen LogP contribution is 2.53. The molecule has 1 saturated carbocycles. The topological polar surface area (TPSA) is 113 Å². The van der Waals surface area contributed by atoms with E-state index in [9.17, 15) is 14.7 Å². The summed E-state index contributed by atoms with van der Waals surface area (Å²) in [6.07, 6.45) is 3.55. The summed E-state index contributed by atoms with van der Waals surface area (Å²) in [5, 5.41) is 13.0. The van der Waals surface area contributed by atoms with Crippen molar-refractivity contribution in [2.24, 2.45) is 15.4 Å². The normalized spacial score (nSPS) is 17.4. The van der Waals surface area contributed by atoms with Gasteiger partial charge < -0.3 is 14.3 Å². The second kappa shape index (κ2) is 8.64. The predicted octanol–water partition coefficient (Wildman–Crippen LogP) is 5.64. The van der Waals surface area contributed by atoms with Crippen molar-refractivity contribution in [3.8, 4) is 11.8 Å². The summed E-state index contributed by atoms with van der Waals surface area (Å²) < 4.78 is 11.5. The van der Waals surface area contributed by atoms with Gasteiger partial charge >= 0.3 is 12.1 Å². The minimum absolute atomic E-state index is 0.268. The quantitative estimate of drug-likeness (QED) is 0.449. The lowest BCUT2D eigenvalue weighted by atomic mass is 10.0. The van der Waals surface area contributed by atoms with E-state index in [0.29, 0.717) is 52.3 Å². The molecule has 1 atom stereocenters. The predicted molar refractivity (Wildman–Crippen MR) is 138 cm³/mol. The van der Waals surface area contributed by atoms with Crippen LogP contribution in [-0.2, 0) is 9.53 Å². The third kappa shape index (κ3) is 4.10. The number of carbonyl (C=O) groups excluding carboxylic acids is 1. The van der Waals surface area contributed by atoms with Crippen molar-refractivity contribution in [3.05, 3.63) is 89.5 Å². The summed E-state index contributed by atoms with van der Waals surface area (Å²) in [6, 6.07) is 16.8. The molecular weight excluding hydrogens is 470 g/mol. The Kier molecular flexibility index (Phi) is 5.27. The number of hydrogen-bond donors (Lipinski definition) is 2. The number of hydrogen-bond acceptors (Lipinski definition) is 6. The molecule has 2 aliphatic heterocycles. The van der Waals surface area contributed by atoms with Gasteiger partial charge in [-0.25, -0.2) is 14.8 Å². The number of aliphatic carboxylic acids is 1. The van der Waals surface area contributed by atoms with Crippen molar-refractivity contribution in [2.45, 2.75) is 25.9 Å². The van der Waals surface area contributed by atoms with Crippen LogP contribution >= 0.6 is 0 Å². The number of allylic oxidation sites excluding steroid dienone is 3. The van der Waals surface area contributed by atoms with Gasteiger partial charge in [-0.15, -0.1) is 0 Å². The van der Waals surface area contributed by atoms with Gasteiger partial charge in [0.1, 0.15) is 28.5 Å². The molecule has 182 valence electrons. The van der Waals surface area contributed by atoms with Gasteiger partial charge in [0.15, 0.2) is 0 Å². The Morgan fingerprint density at radius 2 is 1.76 bits per heavy atom. The number of fused-ring (bicyclic) bond motifs is 2. The highest BCUT2D eigenvalue weighted by atomic mass is 16.6. The maximum atomic E-state index is 12.7. The number of benzene rings is 2. The number of carboxylic acids is 1. The highest BCUT2D eigenvalue weighted by Gasteiger charge is 2.55. The Morgan fingerprint density at radius 3 is 2.49 bits per heavy atom. The zero-order valence-corrected chi connectivity index (χ0v) is 19.8. The number of aliphatic imine (C=N–C) groups is 2. The molecular formula is C29H21N3O5. The Balaban J connectivity index is 1.23. The number of nitrogens with one attached hydrogen (secondary N) is 1. The van der Waals surface area contributed by atoms with Crippen LogP contribution in [0.25, 0.3) is 11.0 Å². The third-order valence-electron chi connectivity index (χ3n) is 6.62. The van der Waals surface area contributed by atoms with Gasteiger partial charge in [0.05, 0.1) is 17.1 Å². The summed E-state index contributed by atoms with van der Waals surface area (Å²) in [4.78, 5) is 33.3. The minimum Gasteiger partial charge on any atom is -0.481 e. The number of para-hydroxylation sites is 1. The SMILES string of the molecule is CC(OC(=O)Nc1c(C#CC2=CC3=NC(C4(C(=O)O)CC4)=CC3=N2)oc2ccccc12)c1ccccc1. The van der Waals surface area contributed by atoms with Crippen molar-refractivity contribution < 1.29 is 23.8 Å². The fraction of sp³-hybridized carbons (Fsp3) is 0.172. The van der Waals surface area contributed by atoms with Crippen LogP contribution in [0.15, 0.2) is 92.5 Å². The van der Waals surface area contributed by atoms with Crippen LogP contribution < -0.4 is 5.32 Å². The molecule has 0 spiro atoms. The molecule has 37 heavy (non-hydrogen) atoms. The van der Waals surface area contributed by atoms with E-state index < -0.39 is 23.6 Å². The number of furan rings is 1. The molecule has 1 fully saturated rings. The maximum absolute atomic E-state index is 12.7. The summed E-state index contributed by atoms with van der Waals surface area (Å²) in [6.45, 7) is 1.80. The third-order valence-corrected chi connectivity index (χ3v) is 6.62. The van der Waals surface area contributed by atoms with Gasteiger partial charge in [-0.2, -0.15) is 0 Å². The van der Waals surface area contributed by atoms with Crippen molar-refractivity contribution >= 4 is 40.1 Å². The molecule has 3 aliphatic rings. The summed E-state index contributed by atoms with van der Waals surface area (Å²) >= 11 is 0. The molecule has 8 heteroatoms. The molecule has 0 radical (unpaired) electrons. The van der Waals surface area contributed by atoms with Gasteiger partial charge in [0.2, 0.25) is 5.76 Å². The monoisotopic (exact) mass is 491 g/mol. The fourth-order valence-electron chi connectivity index (χ4n) is 4.39. The second-order valence-electron chi connectivity index (χ2n) is 9.08. The molecule has 1 amide bonds. The number of carboxylic acid groups (broad SMARTS) is 1. The largest absolute Gasteiger partial charge is 0.481 e. The number of anilines is 1. The van der Waals surface area contributed by atoms with Crippen LogP contribution in [-0.4, -0.2) is 28.6 Å². The van der Waals surface area contributed by atoms with Crippen molar-refractivity contribution in [1.29, 1.82) is 0 Å². The molecule has 0 saturated heterocycles. The Hall–Kier alpha value is -4.90. The van der Waals surface area contributed by atoms with Crippen LogP contribution in [0.1, 0.15) is 37.2 Å². The van der Waals surface area contributed by atoms with E-state index in [1.165, 1.54) is 0 Å². The van der Waals surface area contributed by atoms with Gasteiger partial charge in [0.25, 0.3) is 0 Å². The smallest absolute Gasteiger partial charge is 0.412 e. The average Bonchev–Trinajstić information content (AvgIpc) is 3.33. The molecule has 2 N–H and O–H groups in total. The molecule has 1 unspecified atom stereocenters. The molecule has 0 bridgehead atoms. The summed E-state index contributed by atoms with van der Waals surface area (Å²) in [5.41, 5.74) is 3.21. The molecule has 1 aliphatic carbocycles. The van der Waals surface area contributed by atoms with E-state index in [2.05, 4.69) is 27.1 Å². The van der Waals surface area contributed by atoms with E-state index in [1.807, 2.05) is 48.5 Å². The van der Waals surface area contributed by atoms with Gasteiger partial charge in [-0.05, 0) is 55.4 Å². The van der Waals surface area contributed by atoms with Crippen LogP contribution in [0.4, 0.5) is 10.5 Å². The van der Waals surface area contributed by atoms with Crippen molar-refractivity contribution in [3.63, 3.8) is 0 Å². The van der Waals surface area contributed by atoms with E-state index in [1.54, 1.807) is 25.1 Å². The minimum atomic E-state index is -0.874. The molecule has 3 aromatic rings. The standard InChI is InChI=1S/C29H21N3O5/c1-17(18-7-3-2-4-8-18)36-28(35)32-26-20-9-5-6-10-23(20)37-24(26)12-11-19-15-21-22(30-19)16-25(31-21)29(13-14-29)27(33)34/h2-10,15-17H,13-14H2,1H3,(H,32,35)(H,33,34). The Labute approximate surface area is 212 Å². The van der Waals surface area contributed by atoms with Crippen LogP contribution in [0.2, 0.25) is 0 Å². The molecule has 8 nitrogen and oxygen atoms in total. The highest BCUT2D eigenvalue weighted by molar-refractivity contribution is 6.54. The lowest BCUT2D eigenvalue weighted by molar-refractivity contribution is -0.141. The number of carbonyl (C=O) groups is 2. The van der Waals surface area contributed by atoms with E-state index >= 15 is 0 Å². The lowest BCUT2D eigenvalue weighted by Gasteiger charge is -2.14. The van der Waals surface area contributed by atoms with Crippen molar-refractivity contribution in [2.75, 3.05) is 5.32 Å². The maximum Gasteiger partial charge on any atom is 0.412 e. The van der Waals surface area contributed by atoms with Gasteiger partial charge in [0, 0.05) is 11.5 Å². The van der Waals surface area contributed by atoms with Crippen LogP contribution in [0.5, 0.6) is 0 Å². The number of rotatable bonds is 5. The molecule has 1 aromatic heterocycles. The first-order chi connectivity index (χ1) is 17.9. The van der Waals surface area contributed by atoms with Crippen molar-refractivity contribution in [1.82, 2.24) is 0 Å². The number of amides is 1. The Morgan fingerprint density at radius 1 is 1.03 bits per heavy atom. The van der Waals surface area contributed by atoms with Gasteiger partial charge in [-0.3, -0.25) is 10.1 Å². The van der Waals surface area contributed by atoms with E-state index in [4.69, 9.17) is 9.15 Å². The van der Waals surface area contributed by atoms with Crippen LogP contribution in [0.3, 0.4) is 0 Å². The fourth-order valence-corrected chi connectivity index (χ4v) is 4.39. The van der Waals surface area contributed by atoms with Gasteiger partial charge in [-0.1, -0.05) is 42.5 Å². The van der Waals surface area contributed by atoms with E-state index in [0.717, 1.165) is 5.56 Å². The average molecular weight is 492 g/mol. The first kappa shape index (κ1) is 22.6. The molecule has 2 aromatic carbocycles. The Bertz CT molecular complexity index is 1640. The summed E-state index contributed by atoms with van der Waals surface area (Å²) in [7, 11) is 0.